The molecule has 2 aromatic carbocycles. The van der Waals surface area contributed by atoms with Crippen LogP contribution < -0.4 is 4.31 Å². The van der Waals surface area contributed by atoms with Gasteiger partial charge in [0.15, 0.2) is 0 Å². The van der Waals surface area contributed by atoms with Crippen LogP contribution in [0.15, 0.2) is 53.4 Å². The van der Waals surface area contributed by atoms with Crippen LogP contribution >= 0.6 is 0 Å². The van der Waals surface area contributed by atoms with Crippen LogP contribution in [-0.4, -0.2) is 15.0 Å². The van der Waals surface area contributed by atoms with Gasteiger partial charge in [0, 0.05) is 6.54 Å². The van der Waals surface area contributed by atoms with E-state index in [1.54, 1.807) is 6.92 Å². The van der Waals surface area contributed by atoms with E-state index < -0.39 is 21.7 Å². The van der Waals surface area contributed by atoms with Gasteiger partial charge in [0.1, 0.15) is 11.6 Å². The van der Waals surface area contributed by atoms with Crippen molar-refractivity contribution in [3.05, 3.63) is 60.2 Å². The predicted molar refractivity (Wildman–Crippen MR) is 73.0 cm³/mol. The lowest BCUT2D eigenvalue weighted by atomic mass is 10.3. The van der Waals surface area contributed by atoms with Gasteiger partial charge in [-0.25, -0.2) is 17.2 Å². The van der Waals surface area contributed by atoms with Crippen molar-refractivity contribution in [1.82, 2.24) is 0 Å². The lowest BCUT2D eigenvalue weighted by Gasteiger charge is -2.22. The molecule has 2 aromatic rings. The molecule has 0 saturated heterocycles. The Labute approximate surface area is 116 Å². The van der Waals surface area contributed by atoms with Crippen LogP contribution in [0.3, 0.4) is 0 Å². The summed E-state index contributed by atoms with van der Waals surface area (Å²) in [5, 5.41) is 0. The van der Waals surface area contributed by atoms with E-state index >= 15 is 0 Å². The number of rotatable bonds is 4. The van der Waals surface area contributed by atoms with Gasteiger partial charge in [0.05, 0.1) is 10.6 Å². The van der Waals surface area contributed by atoms with Gasteiger partial charge < -0.3 is 0 Å². The van der Waals surface area contributed by atoms with Gasteiger partial charge in [0.25, 0.3) is 10.0 Å². The average molecular weight is 297 g/mol. The quantitative estimate of drug-likeness (QED) is 0.869. The monoisotopic (exact) mass is 297 g/mol. The second-order valence-corrected chi connectivity index (χ2v) is 5.96. The van der Waals surface area contributed by atoms with Crippen LogP contribution in [0.25, 0.3) is 0 Å². The van der Waals surface area contributed by atoms with E-state index in [0.29, 0.717) is 5.69 Å². The Balaban J connectivity index is 2.44. The highest BCUT2D eigenvalue weighted by atomic mass is 32.2. The van der Waals surface area contributed by atoms with Gasteiger partial charge in [-0.2, -0.15) is 0 Å². The maximum atomic E-state index is 12.9. The minimum Gasteiger partial charge on any atom is -0.267 e. The van der Waals surface area contributed by atoms with Gasteiger partial charge in [0.2, 0.25) is 0 Å². The summed E-state index contributed by atoms with van der Waals surface area (Å²) in [7, 11) is -3.79. The van der Waals surface area contributed by atoms with Crippen molar-refractivity contribution in [2.45, 2.75) is 11.8 Å². The van der Waals surface area contributed by atoms with E-state index in [2.05, 4.69) is 0 Å². The Kier molecular flexibility index (Phi) is 4.04. The highest BCUT2D eigenvalue weighted by molar-refractivity contribution is 7.92. The largest absolute Gasteiger partial charge is 0.267 e. The van der Waals surface area contributed by atoms with E-state index in [4.69, 9.17) is 0 Å². The molecular weight excluding hydrogens is 284 g/mol. The van der Waals surface area contributed by atoms with Crippen molar-refractivity contribution >= 4 is 15.7 Å². The fourth-order valence-corrected chi connectivity index (χ4v) is 3.31. The second-order valence-electron chi connectivity index (χ2n) is 4.10. The lowest BCUT2D eigenvalue weighted by molar-refractivity contribution is 0.590. The smallest absolute Gasteiger partial charge is 0.264 e. The zero-order valence-electron chi connectivity index (χ0n) is 10.8. The molecule has 0 bridgehead atoms. The molecule has 0 radical (unpaired) electrons. The summed E-state index contributed by atoms with van der Waals surface area (Å²) in [6.07, 6.45) is 0. The molecule has 0 atom stereocenters. The van der Waals surface area contributed by atoms with E-state index in [9.17, 15) is 17.2 Å². The summed E-state index contributed by atoms with van der Waals surface area (Å²) in [5.74, 6) is -0.947. The Morgan fingerprint density at radius 1 is 0.900 bits per heavy atom. The molecule has 106 valence electrons. The molecule has 0 aromatic heterocycles. The highest BCUT2D eigenvalue weighted by Gasteiger charge is 2.23. The first-order chi connectivity index (χ1) is 9.45. The van der Waals surface area contributed by atoms with Crippen molar-refractivity contribution < 1.29 is 17.2 Å². The first-order valence-electron chi connectivity index (χ1n) is 5.99. The molecule has 3 nitrogen and oxygen atoms in total. The van der Waals surface area contributed by atoms with Gasteiger partial charge in [-0.15, -0.1) is 0 Å². The zero-order chi connectivity index (χ0) is 14.8. The Morgan fingerprint density at radius 2 is 1.35 bits per heavy atom. The Morgan fingerprint density at radius 3 is 1.80 bits per heavy atom. The molecule has 0 amide bonds. The van der Waals surface area contributed by atoms with Crippen molar-refractivity contribution in [1.29, 1.82) is 0 Å². The SMILES string of the molecule is CCN(c1ccc(F)cc1)S(=O)(=O)c1ccc(F)cc1. The normalized spacial score (nSPS) is 11.3. The molecule has 0 N–H and O–H groups in total. The van der Waals surface area contributed by atoms with Gasteiger partial charge in [-0.1, -0.05) is 0 Å². The van der Waals surface area contributed by atoms with Crippen molar-refractivity contribution in [3.63, 3.8) is 0 Å². The summed E-state index contributed by atoms with van der Waals surface area (Å²) >= 11 is 0. The topological polar surface area (TPSA) is 37.4 Å². The fraction of sp³-hybridized carbons (Fsp3) is 0.143. The van der Waals surface area contributed by atoms with E-state index in [0.717, 1.165) is 16.4 Å². The third-order valence-electron chi connectivity index (χ3n) is 2.80. The molecule has 0 unspecified atom stereocenters. The lowest BCUT2D eigenvalue weighted by Crippen LogP contribution is -2.30. The third-order valence-corrected chi connectivity index (χ3v) is 4.72. The number of hydrogen-bond donors (Lipinski definition) is 0. The van der Waals surface area contributed by atoms with E-state index in [1.807, 2.05) is 0 Å². The highest BCUT2D eigenvalue weighted by Crippen LogP contribution is 2.23. The first-order valence-corrected chi connectivity index (χ1v) is 7.43. The molecule has 0 aliphatic heterocycles. The van der Waals surface area contributed by atoms with Crippen LogP contribution in [0.1, 0.15) is 6.92 Å². The maximum Gasteiger partial charge on any atom is 0.264 e. The molecule has 0 heterocycles. The second kappa shape index (κ2) is 5.58. The maximum absolute atomic E-state index is 12.9. The fourth-order valence-electron chi connectivity index (χ4n) is 1.83. The summed E-state index contributed by atoms with van der Waals surface area (Å²) in [4.78, 5) is -0.00919. The van der Waals surface area contributed by atoms with Crippen LogP contribution in [0, 0.1) is 11.6 Å². The standard InChI is InChI=1S/C14H13F2NO2S/c1-2-17(13-7-3-11(15)4-8-13)20(18,19)14-9-5-12(16)6-10-14/h3-10H,2H2,1H3. The van der Waals surface area contributed by atoms with Crippen molar-refractivity contribution in [2.75, 3.05) is 10.8 Å². The summed E-state index contributed by atoms with van der Waals surface area (Å²) < 4.78 is 51.9. The molecule has 6 heteroatoms. The number of halogens is 2. The third kappa shape index (κ3) is 2.80. The van der Waals surface area contributed by atoms with Gasteiger partial charge >= 0.3 is 0 Å². The number of anilines is 1. The number of benzene rings is 2. The predicted octanol–water partition coefficient (Wildman–Crippen LogP) is 3.18. The summed E-state index contributed by atoms with van der Waals surface area (Å²) in [6.45, 7) is 1.86. The zero-order valence-corrected chi connectivity index (χ0v) is 11.6. The van der Waals surface area contributed by atoms with E-state index in [-0.39, 0.29) is 11.4 Å². The molecule has 0 saturated carbocycles. The van der Waals surface area contributed by atoms with Crippen LogP contribution in [0.5, 0.6) is 0 Å². The number of sulfonamides is 1. The Bertz CT molecular complexity index is 682. The van der Waals surface area contributed by atoms with Crippen LogP contribution in [0.2, 0.25) is 0 Å². The van der Waals surface area contributed by atoms with Crippen LogP contribution in [-0.2, 0) is 10.0 Å². The molecular formula is C14H13F2NO2S. The molecule has 0 aliphatic carbocycles. The van der Waals surface area contributed by atoms with Gasteiger partial charge in [-0.05, 0) is 55.5 Å². The number of nitrogens with zero attached hydrogens (tertiary/aromatic N) is 1. The molecule has 2 rings (SSSR count). The van der Waals surface area contributed by atoms with Gasteiger partial charge in [-0.3, -0.25) is 4.31 Å². The van der Waals surface area contributed by atoms with Crippen molar-refractivity contribution in [3.8, 4) is 0 Å². The molecule has 0 fully saturated rings. The molecule has 0 spiro atoms. The summed E-state index contributed by atoms with van der Waals surface area (Å²) in [6, 6.07) is 9.75. The minimum absolute atomic E-state index is 0.00919. The molecule has 0 aliphatic rings. The first kappa shape index (κ1) is 14.5. The van der Waals surface area contributed by atoms with Crippen molar-refractivity contribution in [2.24, 2.45) is 0 Å². The Hall–Kier alpha value is -1.95. The van der Waals surface area contributed by atoms with Crippen LogP contribution in [0.4, 0.5) is 14.5 Å². The number of hydrogen-bond acceptors (Lipinski definition) is 2. The van der Waals surface area contributed by atoms with E-state index in [1.165, 1.54) is 36.4 Å². The minimum atomic E-state index is -3.79. The average Bonchev–Trinajstić information content (AvgIpc) is 2.42. The molecule has 20 heavy (non-hydrogen) atoms. The summed E-state index contributed by atoms with van der Waals surface area (Å²) in [5.41, 5.74) is 0.359.